The average Bonchev–Trinajstić information content (AvgIpc) is 2.04. The van der Waals surface area contributed by atoms with Crippen LogP contribution < -0.4 is 5.43 Å². The maximum atomic E-state index is 12.1. The quantitative estimate of drug-likeness (QED) is 0.645. The van der Waals surface area contributed by atoms with Crippen LogP contribution in [0.1, 0.15) is 22.3 Å². The van der Waals surface area contributed by atoms with E-state index in [1.807, 2.05) is 0 Å². The largest absolute Gasteiger partial charge is 0.355 e. The number of H-pyrrole nitrogens is 1. The molecular weight excluding hydrogens is 248 g/mol. The average molecular weight is 252 g/mol. The van der Waals surface area contributed by atoms with Crippen LogP contribution >= 0.6 is 15.9 Å². The van der Waals surface area contributed by atoms with Gasteiger partial charge in [-0.25, -0.2) is 8.78 Å². The van der Waals surface area contributed by atoms with E-state index in [-0.39, 0.29) is 16.5 Å². The maximum absolute atomic E-state index is 12.1. The smallest absolute Gasteiger partial charge is 0.269 e. The fraction of sp³-hybridized carbons (Fsp3) is 0.143. The Morgan fingerprint density at radius 2 is 2.15 bits per heavy atom. The summed E-state index contributed by atoms with van der Waals surface area (Å²) in [6.45, 7) is 0. The minimum Gasteiger partial charge on any atom is -0.355 e. The second-order valence-electron chi connectivity index (χ2n) is 2.22. The molecular formula is C7H4BrF2NO2. The normalized spacial score (nSPS) is 10.5. The molecule has 0 bridgehead atoms. The van der Waals surface area contributed by atoms with Crippen LogP contribution in [0, 0.1) is 0 Å². The van der Waals surface area contributed by atoms with Crippen molar-refractivity contribution in [1.29, 1.82) is 0 Å². The van der Waals surface area contributed by atoms with Crippen molar-refractivity contribution in [1.82, 2.24) is 4.98 Å². The van der Waals surface area contributed by atoms with Gasteiger partial charge in [0, 0.05) is 6.20 Å². The molecule has 70 valence electrons. The molecule has 1 aromatic rings. The highest BCUT2D eigenvalue weighted by atomic mass is 79.9. The Labute approximate surface area is 79.9 Å². The van der Waals surface area contributed by atoms with Crippen molar-refractivity contribution in [2.75, 3.05) is 0 Å². The van der Waals surface area contributed by atoms with Crippen molar-refractivity contribution >= 4 is 22.2 Å². The SMILES string of the molecule is O=Cc1c(Br)[nH]cc(C(F)F)c1=O. The molecule has 0 aromatic carbocycles. The van der Waals surface area contributed by atoms with Crippen LogP contribution in [0.2, 0.25) is 0 Å². The molecule has 0 aliphatic carbocycles. The van der Waals surface area contributed by atoms with Crippen LogP contribution in [0.3, 0.4) is 0 Å². The van der Waals surface area contributed by atoms with E-state index in [0.717, 1.165) is 6.20 Å². The standard InChI is InChI=1S/C7H4BrF2NO2/c8-6-4(2-12)5(13)3(1-11-6)7(9)10/h1-2,7H,(H,11,13). The molecule has 0 aliphatic rings. The molecule has 1 rings (SSSR count). The van der Waals surface area contributed by atoms with Gasteiger partial charge in [-0.15, -0.1) is 0 Å². The van der Waals surface area contributed by atoms with E-state index in [9.17, 15) is 18.4 Å². The van der Waals surface area contributed by atoms with E-state index < -0.39 is 17.4 Å². The zero-order chi connectivity index (χ0) is 10.0. The monoisotopic (exact) mass is 251 g/mol. The van der Waals surface area contributed by atoms with Gasteiger partial charge in [0.25, 0.3) is 6.43 Å². The van der Waals surface area contributed by atoms with E-state index in [2.05, 4.69) is 20.9 Å². The molecule has 0 spiro atoms. The van der Waals surface area contributed by atoms with E-state index in [4.69, 9.17) is 0 Å². The number of halogens is 3. The van der Waals surface area contributed by atoms with Gasteiger partial charge in [-0.3, -0.25) is 9.59 Å². The minimum atomic E-state index is -2.88. The first kappa shape index (κ1) is 10.0. The van der Waals surface area contributed by atoms with E-state index in [0.29, 0.717) is 0 Å². The van der Waals surface area contributed by atoms with Crippen molar-refractivity contribution in [3.63, 3.8) is 0 Å². The Kier molecular flexibility index (Phi) is 2.92. The molecule has 0 fully saturated rings. The first-order valence-corrected chi connectivity index (χ1v) is 4.01. The number of carbonyl (C=O) groups excluding carboxylic acids is 1. The summed E-state index contributed by atoms with van der Waals surface area (Å²) < 4.78 is 24.4. The highest BCUT2D eigenvalue weighted by Gasteiger charge is 2.16. The summed E-state index contributed by atoms with van der Waals surface area (Å²) in [7, 11) is 0. The van der Waals surface area contributed by atoms with Crippen molar-refractivity contribution in [3.8, 4) is 0 Å². The van der Waals surface area contributed by atoms with Gasteiger partial charge in [0.1, 0.15) is 0 Å². The van der Waals surface area contributed by atoms with Crippen molar-refractivity contribution < 1.29 is 13.6 Å². The molecule has 0 unspecified atom stereocenters. The number of nitrogens with one attached hydrogen (secondary N) is 1. The molecule has 0 saturated carbocycles. The Bertz CT molecular complexity index is 389. The van der Waals surface area contributed by atoms with Gasteiger partial charge in [0.2, 0.25) is 5.43 Å². The number of carbonyl (C=O) groups is 1. The van der Waals surface area contributed by atoms with Crippen LogP contribution in [0.15, 0.2) is 15.6 Å². The van der Waals surface area contributed by atoms with Gasteiger partial charge in [-0.05, 0) is 15.9 Å². The summed E-state index contributed by atoms with van der Waals surface area (Å²) in [5, 5.41) is 0. The fourth-order valence-corrected chi connectivity index (χ4v) is 1.19. The van der Waals surface area contributed by atoms with Crippen LogP contribution in [-0.4, -0.2) is 11.3 Å². The van der Waals surface area contributed by atoms with Crippen molar-refractivity contribution in [2.45, 2.75) is 6.43 Å². The molecule has 1 aromatic heterocycles. The number of pyridine rings is 1. The molecule has 0 amide bonds. The van der Waals surface area contributed by atoms with Crippen LogP contribution in [0.5, 0.6) is 0 Å². The Hall–Kier alpha value is -1.04. The fourth-order valence-electron chi connectivity index (χ4n) is 0.807. The first-order chi connectivity index (χ1) is 6.07. The third-order valence-electron chi connectivity index (χ3n) is 1.45. The van der Waals surface area contributed by atoms with E-state index >= 15 is 0 Å². The zero-order valence-electron chi connectivity index (χ0n) is 6.18. The van der Waals surface area contributed by atoms with Gasteiger partial charge >= 0.3 is 0 Å². The predicted molar refractivity (Wildman–Crippen MR) is 45.1 cm³/mol. The highest BCUT2D eigenvalue weighted by Crippen LogP contribution is 2.16. The molecule has 13 heavy (non-hydrogen) atoms. The van der Waals surface area contributed by atoms with E-state index in [1.165, 1.54) is 0 Å². The second kappa shape index (κ2) is 3.78. The number of aromatic nitrogens is 1. The van der Waals surface area contributed by atoms with Gasteiger partial charge < -0.3 is 4.98 Å². The van der Waals surface area contributed by atoms with Gasteiger partial charge in [0.05, 0.1) is 15.7 Å². The van der Waals surface area contributed by atoms with Gasteiger partial charge in [0.15, 0.2) is 6.29 Å². The third kappa shape index (κ3) is 1.82. The third-order valence-corrected chi connectivity index (χ3v) is 2.11. The molecule has 1 heterocycles. The summed E-state index contributed by atoms with van der Waals surface area (Å²) >= 11 is 2.86. The Morgan fingerprint density at radius 1 is 1.54 bits per heavy atom. The number of aldehydes is 1. The Balaban J connectivity index is 3.45. The van der Waals surface area contributed by atoms with Crippen LogP contribution in [-0.2, 0) is 0 Å². The summed E-state index contributed by atoms with van der Waals surface area (Å²) in [5.41, 5.74) is -1.97. The number of hydrogen-bond donors (Lipinski definition) is 1. The predicted octanol–water partition coefficient (Wildman–Crippen LogP) is 1.89. The Morgan fingerprint density at radius 3 is 2.62 bits per heavy atom. The number of rotatable bonds is 2. The van der Waals surface area contributed by atoms with Crippen molar-refractivity contribution in [3.05, 3.63) is 32.2 Å². The number of alkyl halides is 2. The molecule has 6 heteroatoms. The van der Waals surface area contributed by atoms with Crippen LogP contribution in [0.4, 0.5) is 8.78 Å². The van der Waals surface area contributed by atoms with Gasteiger partial charge in [-0.1, -0.05) is 0 Å². The number of aromatic amines is 1. The summed E-state index contributed by atoms with van der Waals surface area (Å²) in [6, 6.07) is 0. The topological polar surface area (TPSA) is 49.9 Å². The number of hydrogen-bond acceptors (Lipinski definition) is 2. The lowest BCUT2D eigenvalue weighted by molar-refractivity contribution is 0.112. The maximum Gasteiger partial charge on any atom is 0.269 e. The molecule has 0 aliphatic heterocycles. The van der Waals surface area contributed by atoms with E-state index in [1.54, 1.807) is 0 Å². The summed E-state index contributed by atoms with van der Waals surface area (Å²) in [5.74, 6) is 0. The van der Waals surface area contributed by atoms with Crippen LogP contribution in [0.25, 0.3) is 0 Å². The summed E-state index contributed by atoms with van der Waals surface area (Å²) in [6.07, 6.45) is -1.77. The molecule has 3 nitrogen and oxygen atoms in total. The summed E-state index contributed by atoms with van der Waals surface area (Å²) in [4.78, 5) is 23.8. The van der Waals surface area contributed by atoms with Gasteiger partial charge in [-0.2, -0.15) is 0 Å². The molecule has 0 saturated heterocycles. The first-order valence-electron chi connectivity index (χ1n) is 3.22. The minimum absolute atomic E-state index is 0.108. The lowest BCUT2D eigenvalue weighted by Crippen LogP contribution is -2.15. The lowest BCUT2D eigenvalue weighted by Gasteiger charge is -2.00. The zero-order valence-corrected chi connectivity index (χ0v) is 7.77. The molecule has 0 radical (unpaired) electrons. The molecule has 0 atom stereocenters. The van der Waals surface area contributed by atoms with Crippen molar-refractivity contribution in [2.24, 2.45) is 0 Å². The lowest BCUT2D eigenvalue weighted by atomic mass is 10.2. The molecule has 1 N–H and O–H groups in total. The highest BCUT2D eigenvalue weighted by molar-refractivity contribution is 9.10. The second-order valence-corrected chi connectivity index (χ2v) is 3.01.